The third-order valence-corrected chi connectivity index (χ3v) is 8.89. The number of allylic oxidation sites excluding steroid dienone is 1. The van der Waals surface area contributed by atoms with Gasteiger partial charge in [-0.25, -0.2) is 0 Å². The Morgan fingerprint density at radius 2 is 1.62 bits per heavy atom. The lowest BCUT2D eigenvalue weighted by Crippen LogP contribution is -2.39. The number of hydrogen-bond acceptors (Lipinski definition) is 5. The van der Waals surface area contributed by atoms with Gasteiger partial charge in [0.1, 0.15) is 6.54 Å². The Morgan fingerprint density at radius 3 is 2.19 bits per heavy atom. The van der Waals surface area contributed by atoms with Crippen LogP contribution in [-0.4, -0.2) is 53.7 Å². The molecular formula is C30H24Cl2F3N3O3S. The highest BCUT2D eigenvalue weighted by Gasteiger charge is 2.51. The van der Waals surface area contributed by atoms with E-state index in [1.807, 2.05) is 13.0 Å². The van der Waals surface area contributed by atoms with E-state index in [2.05, 4.69) is 0 Å². The molecule has 3 aromatic carbocycles. The van der Waals surface area contributed by atoms with Crippen LogP contribution in [0.2, 0.25) is 10.0 Å². The number of nitrogens with zero attached hydrogens (tertiary/aromatic N) is 3. The predicted molar refractivity (Wildman–Crippen MR) is 157 cm³/mol. The molecule has 1 aliphatic heterocycles. The summed E-state index contributed by atoms with van der Waals surface area (Å²) in [7, 11) is 1.59. The second kappa shape index (κ2) is 11.7. The number of anilines is 1. The van der Waals surface area contributed by atoms with Crippen LogP contribution in [0.15, 0.2) is 83.3 Å². The summed E-state index contributed by atoms with van der Waals surface area (Å²) in [4.78, 5) is 42.7. The maximum absolute atomic E-state index is 13.6. The molecular weight excluding hydrogens is 610 g/mol. The predicted octanol–water partition coefficient (Wildman–Crippen LogP) is 7.23. The number of carbonyl (C=O) groups is 3. The lowest BCUT2D eigenvalue weighted by atomic mass is 10.1. The van der Waals surface area contributed by atoms with Crippen LogP contribution in [0.5, 0.6) is 0 Å². The molecule has 0 bridgehead atoms. The van der Waals surface area contributed by atoms with E-state index in [0.29, 0.717) is 21.0 Å². The van der Waals surface area contributed by atoms with Crippen LogP contribution in [-0.2, 0) is 11.0 Å². The van der Waals surface area contributed by atoms with Crippen LogP contribution in [0.25, 0.3) is 0 Å². The fourth-order valence-electron chi connectivity index (χ4n) is 5.07. The number of likely N-dealkylation sites (N-methyl/N-ethyl adjacent to an activating group) is 1. The fraction of sp³-hybridized carbons (Fsp3) is 0.233. The second-order valence-corrected chi connectivity index (χ2v) is 11.8. The smallest absolute Gasteiger partial charge is 0.337 e. The number of benzene rings is 3. The van der Waals surface area contributed by atoms with Gasteiger partial charge in [-0.2, -0.15) is 13.2 Å². The lowest BCUT2D eigenvalue weighted by Gasteiger charge is -2.27. The Balaban J connectivity index is 1.36. The molecule has 3 amide bonds. The van der Waals surface area contributed by atoms with E-state index in [0.717, 1.165) is 35.7 Å². The zero-order valence-corrected chi connectivity index (χ0v) is 24.7. The summed E-state index contributed by atoms with van der Waals surface area (Å²) < 4.78 is 42.1. The average molecular weight is 635 g/mol. The van der Waals surface area contributed by atoms with Crippen molar-refractivity contribution in [3.63, 3.8) is 0 Å². The molecule has 0 aromatic heterocycles. The van der Waals surface area contributed by atoms with Gasteiger partial charge in [0.25, 0.3) is 11.8 Å². The van der Waals surface area contributed by atoms with Gasteiger partial charge in [0, 0.05) is 29.4 Å². The standard InChI is InChI=1S/C30H24Cl2F3N3O3S/c1-3-20-23(15-37-28(40)21-6-4-5-7-22(21)29(37)41)27(20)36(2)26(39)16-38(42-19-11-9-18(31)10-12-19)25-14-17(30(33,34)35)8-13-24(25)32/h3-14,23,27H,15-16H2,1-2H3/b20-3-. The first kappa shape index (κ1) is 30.0. The highest BCUT2D eigenvalue weighted by molar-refractivity contribution is 8.00. The van der Waals surface area contributed by atoms with Crippen LogP contribution < -0.4 is 4.31 Å². The van der Waals surface area contributed by atoms with Crippen molar-refractivity contribution in [1.82, 2.24) is 9.80 Å². The van der Waals surface area contributed by atoms with E-state index in [1.54, 1.807) is 55.6 Å². The number of halogens is 5. The van der Waals surface area contributed by atoms with Gasteiger partial charge in [-0.1, -0.05) is 41.4 Å². The number of imide groups is 1. The lowest BCUT2D eigenvalue weighted by molar-refractivity contribution is -0.137. The topological polar surface area (TPSA) is 60.9 Å². The molecule has 0 saturated heterocycles. The molecule has 0 spiro atoms. The van der Waals surface area contributed by atoms with E-state index in [4.69, 9.17) is 23.2 Å². The van der Waals surface area contributed by atoms with Gasteiger partial charge in [0.05, 0.1) is 33.4 Å². The molecule has 42 heavy (non-hydrogen) atoms. The molecule has 2 unspecified atom stereocenters. The largest absolute Gasteiger partial charge is 0.416 e. The maximum atomic E-state index is 13.6. The Morgan fingerprint density at radius 1 is 1.00 bits per heavy atom. The van der Waals surface area contributed by atoms with E-state index < -0.39 is 11.7 Å². The number of rotatable bonds is 8. The molecule has 6 nitrogen and oxygen atoms in total. The summed E-state index contributed by atoms with van der Waals surface area (Å²) in [5.74, 6) is -1.41. The molecule has 12 heteroatoms. The Labute approximate surface area is 254 Å². The Bertz CT molecular complexity index is 1560. The quantitative estimate of drug-likeness (QED) is 0.149. The minimum absolute atomic E-state index is 0.0258. The fourth-order valence-corrected chi connectivity index (χ4v) is 6.40. The highest BCUT2D eigenvalue weighted by atomic mass is 35.5. The van der Waals surface area contributed by atoms with E-state index >= 15 is 0 Å². The Hall–Kier alpha value is -3.47. The molecule has 218 valence electrons. The molecule has 1 saturated carbocycles. The SMILES string of the molecule is C/C=C1/C(CN2C(=O)c3ccccc3C2=O)C1N(C)C(=O)CN(Sc1ccc(Cl)cc1)c1cc(C(F)(F)F)ccc1Cl. The zero-order valence-electron chi connectivity index (χ0n) is 22.4. The second-order valence-electron chi connectivity index (χ2n) is 9.86. The van der Waals surface area contributed by atoms with Crippen molar-refractivity contribution < 1.29 is 27.6 Å². The summed E-state index contributed by atoms with van der Waals surface area (Å²) in [6.45, 7) is 1.61. The van der Waals surface area contributed by atoms with Crippen molar-refractivity contribution in [2.45, 2.75) is 24.0 Å². The first-order valence-corrected chi connectivity index (χ1v) is 14.4. The summed E-state index contributed by atoms with van der Waals surface area (Å²) in [6, 6.07) is 15.8. The third kappa shape index (κ3) is 5.88. The minimum atomic E-state index is -4.61. The third-order valence-electron chi connectivity index (χ3n) is 7.29. The zero-order chi connectivity index (χ0) is 30.3. The summed E-state index contributed by atoms with van der Waals surface area (Å²) in [5, 5.41) is 0.527. The van der Waals surface area contributed by atoms with Gasteiger partial charge in [0.15, 0.2) is 0 Å². The van der Waals surface area contributed by atoms with Crippen molar-refractivity contribution in [1.29, 1.82) is 0 Å². The number of hydrogen-bond donors (Lipinski definition) is 0. The summed E-state index contributed by atoms with van der Waals surface area (Å²) in [5.41, 5.74) is 0.705. The van der Waals surface area contributed by atoms with E-state index in [9.17, 15) is 27.6 Å². The van der Waals surface area contributed by atoms with Gasteiger partial charge in [0.2, 0.25) is 5.91 Å². The van der Waals surface area contributed by atoms with Crippen LogP contribution in [0, 0.1) is 5.92 Å². The number of alkyl halides is 3. The van der Waals surface area contributed by atoms with Gasteiger partial charge in [-0.05, 0) is 79.0 Å². The van der Waals surface area contributed by atoms with Gasteiger partial charge in [-0.3, -0.25) is 19.3 Å². The van der Waals surface area contributed by atoms with Crippen LogP contribution in [0.1, 0.15) is 33.2 Å². The molecule has 0 radical (unpaired) electrons. The number of carbonyl (C=O) groups excluding carboxylic acids is 3. The normalized spacial score (nSPS) is 18.8. The maximum Gasteiger partial charge on any atom is 0.416 e. The molecule has 5 rings (SSSR count). The number of amides is 3. The van der Waals surface area contributed by atoms with Crippen LogP contribution in [0.4, 0.5) is 18.9 Å². The van der Waals surface area contributed by atoms with Gasteiger partial charge >= 0.3 is 6.18 Å². The molecule has 0 N–H and O–H groups in total. The average Bonchev–Trinajstić information content (AvgIpc) is 3.61. The molecule has 1 aliphatic carbocycles. The molecule has 1 fully saturated rings. The van der Waals surface area contributed by atoms with Crippen molar-refractivity contribution in [3.8, 4) is 0 Å². The first-order chi connectivity index (χ1) is 19.9. The number of fused-ring (bicyclic) bond motifs is 1. The minimum Gasteiger partial charge on any atom is -0.337 e. The van der Waals surface area contributed by atoms with Crippen molar-refractivity contribution in [2.24, 2.45) is 5.92 Å². The highest BCUT2D eigenvalue weighted by Crippen LogP contribution is 2.45. The van der Waals surface area contributed by atoms with Crippen LogP contribution in [0.3, 0.4) is 0 Å². The Kier molecular flexibility index (Phi) is 8.33. The van der Waals surface area contributed by atoms with Crippen molar-refractivity contribution in [2.75, 3.05) is 24.4 Å². The summed E-state index contributed by atoms with van der Waals surface area (Å²) >= 11 is 13.4. The molecule has 2 atom stereocenters. The van der Waals surface area contributed by atoms with Gasteiger partial charge in [-0.15, -0.1) is 0 Å². The summed E-state index contributed by atoms with van der Waals surface area (Å²) in [6.07, 6.45) is -2.76. The van der Waals surface area contributed by atoms with Crippen molar-refractivity contribution >= 4 is 58.6 Å². The monoisotopic (exact) mass is 633 g/mol. The van der Waals surface area contributed by atoms with E-state index in [1.165, 1.54) is 14.1 Å². The van der Waals surface area contributed by atoms with Crippen LogP contribution >= 0.6 is 35.1 Å². The first-order valence-electron chi connectivity index (χ1n) is 12.9. The molecule has 2 aliphatic rings. The van der Waals surface area contributed by atoms with E-state index in [-0.39, 0.29) is 53.5 Å². The van der Waals surface area contributed by atoms with Crippen molar-refractivity contribution in [3.05, 3.63) is 105 Å². The van der Waals surface area contributed by atoms with Gasteiger partial charge < -0.3 is 9.21 Å². The molecule has 1 heterocycles. The molecule has 3 aromatic rings.